The van der Waals surface area contributed by atoms with Crippen molar-refractivity contribution in [2.24, 2.45) is 5.92 Å². The number of carbonyl (C=O) groups is 3. The van der Waals surface area contributed by atoms with E-state index in [9.17, 15) is 14.4 Å². The molecule has 1 unspecified atom stereocenters. The second-order valence-corrected chi connectivity index (χ2v) is 8.69. The van der Waals surface area contributed by atoms with Gasteiger partial charge in [0.05, 0.1) is 22.1 Å². The lowest BCUT2D eigenvalue weighted by Crippen LogP contribution is -2.51. The molecular weight excluding hydrogens is 402 g/mol. The van der Waals surface area contributed by atoms with E-state index in [0.29, 0.717) is 40.8 Å². The number of anilines is 1. The Balaban J connectivity index is 1.41. The number of pyridine rings is 1. The molecule has 1 aliphatic carbocycles. The first kappa shape index (κ1) is 20.6. The minimum atomic E-state index is -0.369. The minimum absolute atomic E-state index is 0.0408. The maximum atomic E-state index is 13.0. The molecule has 2 aliphatic rings. The van der Waals surface area contributed by atoms with Crippen molar-refractivity contribution in [3.05, 3.63) is 40.7 Å². The zero-order valence-electron chi connectivity index (χ0n) is 17.0. The van der Waals surface area contributed by atoms with Gasteiger partial charge in [-0.3, -0.25) is 29.6 Å². The summed E-state index contributed by atoms with van der Waals surface area (Å²) < 4.78 is 0. The van der Waals surface area contributed by atoms with Crippen LogP contribution >= 0.6 is 11.3 Å². The summed E-state index contributed by atoms with van der Waals surface area (Å²) in [6.07, 6.45) is 4.83. The van der Waals surface area contributed by atoms with Gasteiger partial charge in [-0.25, -0.2) is 4.98 Å². The van der Waals surface area contributed by atoms with Gasteiger partial charge in [0.25, 0.3) is 5.91 Å². The molecule has 0 aromatic carbocycles. The lowest BCUT2D eigenvalue weighted by molar-refractivity contribution is -0.137. The van der Waals surface area contributed by atoms with Crippen LogP contribution in [0.5, 0.6) is 0 Å². The Labute approximate surface area is 179 Å². The monoisotopic (exact) mass is 427 g/mol. The normalized spacial score (nSPS) is 19.4. The number of aromatic nitrogens is 2. The molecule has 0 saturated carbocycles. The third kappa shape index (κ3) is 4.41. The van der Waals surface area contributed by atoms with Gasteiger partial charge in [-0.05, 0) is 25.1 Å². The molecule has 1 saturated heterocycles. The van der Waals surface area contributed by atoms with Crippen molar-refractivity contribution in [3.63, 3.8) is 0 Å². The third-order valence-electron chi connectivity index (χ3n) is 5.54. The van der Waals surface area contributed by atoms with E-state index in [1.807, 2.05) is 4.90 Å². The molecule has 8 nitrogen and oxygen atoms in total. The highest BCUT2D eigenvalue weighted by Crippen LogP contribution is 2.33. The van der Waals surface area contributed by atoms with Crippen LogP contribution in [0.25, 0.3) is 0 Å². The predicted molar refractivity (Wildman–Crippen MR) is 114 cm³/mol. The van der Waals surface area contributed by atoms with Crippen LogP contribution in [0, 0.1) is 5.92 Å². The second-order valence-electron chi connectivity index (χ2n) is 7.69. The Bertz CT molecular complexity index is 937. The highest BCUT2D eigenvalue weighted by molar-refractivity contribution is 7.17. The van der Waals surface area contributed by atoms with E-state index < -0.39 is 0 Å². The summed E-state index contributed by atoms with van der Waals surface area (Å²) in [6, 6.07) is 3.35. The van der Waals surface area contributed by atoms with Crippen LogP contribution in [0.1, 0.15) is 45.5 Å². The number of hydrogen-bond acceptors (Lipinski definition) is 7. The maximum Gasteiger partial charge on any atom is 0.259 e. The van der Waals surface area contributed by atoms with Gasteiger partial charge < -0.3 is 4.90 Å². The van der Waals surface area contributed by atoms with E-state index >= 15 is 0 Å². The van der Waals surface area contributed by atoms with Crippen LogP contribution in [-0.4, -0.2) is 70.1 Å². The van der Waals surface area contributed by atoms with Gasteiger partial charge in [0, 0.05) is 51.4 Å². The number of carbonyl (C=O) groups excluding carboxylic acids is 3. The van der Waals surface area contributed by atoms with E-state index in [4.69, 9.17) is 0 Å². The number of Topliss-reactive ketones (excluding diaryl/α,β-unsaturated/α-hetero) is 1. The Morgan fingerprint density at radius 2 is 2.03 bits per heavy atom. The molecule has 2 aromatic heterocycles. The van der Waals surface area contributed by atoms with Gasteiger partial charge in [0.15, 0.2) is 10.9 Å². The summed E-state index contributed by atoms with van der Waals surface area (Å²) in [7, 11) is 0. The third-order valence-corrected chi connectivity index (χ3v) is 6.59. The largest absolute Gasteiger partial charge is 0.340 e. The van der Waals surface area contributed by atoms with Crippen molar-refractivity contribution in [1.29, 1.82) is 0 Å². The van der Waals surface area contributed by atoms with Gasteiger partial charge in [-0.15, -0.1) is 0 Å². The van der Waals surface area contributed by atoms with Crippen LogP contribution in [0.3, 0.4) is 0 Å². The SMILES string of the molecule is CCCN1CCN(C(=O)C2CC(=O)c3sc(NC(=O)c4cccnc4)nc3C2)CC1. The van der Waals surface area contributed by atoms with Crippen LogP contribution in [-0.2, 0) is 11.2 Å². The molecule has 0 bridgehead atoms. The quantitative estimate of drug-likeness (QED) is 0.785. The lowest BCUT2D eigenvalue weighted by atomic mass is 9.88. The van der Waals surface area contributed by atoms with Crippen molar-refractivity contribution < 1.29 is 14.4 Å². The van der Waals surface area contributed by atoms with E-state index in [0.717, 1.165) is 26.1 Å². The van der Waals surface area contributed by atoms with Crippen LogP contribution in [0.4, 0.5) is 5.13 Å². The van der Waals surface area contributed by atoms with E-state index in [1.54, 1.807) is 18.3 Å². The van der Waals surface area contributed by atoms with Crippen molar-refractivity contribution in [1.82, 2.24) is 19.8 Å². The summed E-state index contributed by atoms with van der Waals surface area (Å²) >= 11 is 1.18. The molecule has 0 spiro atoms. The molecule has 1 N–H and O–H groups in total. The molecule has 9 heteroatoms. The molecule has 1 fully saturated rings. The van der Waals surface area contributed by atoms with Crippen molar-refractivity contribution in [2.75, 3.05) is 38.0 Å². The molecule has 3 heterocycles. The number of rotatable bonds is 5. The van der Waals surface area contributed by atoms with E-state index in [-0.39, 0.29) is 29.9 Å². The zero-order chi connectivity index (χ0) is 21.1. The Kier molecular flexibility index (Phi) is 6.19. The zero-order valence-corrected chi connectivity index (χ0v) is 17.8. The average molecular weight is 428 g/mol. The fraction of sp³-hybridized carbons (Fsp3) is 0.476. The molecule has 2 aromatic rings. The smallest absolute Gasteiger partial charge is 0.259 e. The number of hydrogen-bond donors (Lipinski definition) is 1. The number of nitrogens with one attached hydrogen (secondary N) is 1. The number of piperazine rings is 1. The summed E-state index contributed by atoms with van der Waals surface area (Å²) in [4.78, 5) is 51.2. The highest BCUT2D eigenvalue weighted by atomic mass is 32.1. The summed E-state index contributed by atoms with van der Waals surface area (Å²) in [5.41, 5.74) is 1.04. The van der Waals surface area contributed by atoms with Gasteiger partial charge in [-0.1, -0.05) is 18.3 Å². The van der Waals surface area contributed by atoms with Crippen molar-refractivity contribution in [2.45, 2.75) is 26.2 Å². The van der Waals surface area contributed by atoms with Gasteiger partial charge in [-0.2, -0.15) is 0 Å². The summed E-state index contributed by atoms with van der Waals surface area (Å²) in [6.45, 7) is 6.39. The molecule has 0 radical (unpaired) electrons. The van der Waals surface area contributed by atoms with Gasteiger partial charge in [0.2, 0.25) is 5.91 Å². The molecule has 1 aliphatic heterocycles. The molecule has 1 atom stereocenters. The van der Waals surface area contributed by atoms with E-state index in [1.165, 1.54) is 17.5 Å². The first-order valence-electron chi connectivity index (χ1n) is 10.3. The van der Waals surface area contributed by atoms with Gasteiger partial charge >= 0.3 is 0 Å². The summed E-state index contributed by atoms with van der Waals surface area (Å²) in [5.74, 6) is -0.719. The molecule has 4 rings (SSSR count). The average Bonchev–Trinajstić information content (AvgIpc) is 3.17. The number of thiazole rings is 1. The molecule has 2 amide bonds. The number of ketones is 1. The molecule has 158 valence electrons. The van der Waals surface area contributed by atoms with Crippen LogP contribution < -0.4 is 5.32 Å². The van der Waals surface area contributed by atoms with Crippen molar-refractivity contribution in [3.8, 4) is 0 Å². The molecular formula is C21H25N5O3S. The molecule has 30 heavy (non-hydrogen) atoms. The van der Waals surface area contributed by atoms with Crippen molar-refractivity contribution >= 4 is 34.1 Å². The van der Waals surface area contributed by atoms with E-state index in [2.05, 4.69) is 27.1 Å². The fourth-order valence-electron chi connectivity index (χ4n) is 3.99. The Morgan fingerprint density at radius 1 is 1.23 bits per heavy atom. The topological polar surface area (TPSA) is 95.5 Å². The minimum Gasteiger partial charge on any atom is -0.340 e. The van der Waals surface area contributed by atoms with Gasteiger partial charge in [0.1, 0.15) is 0 Å². The number of fused-ring (bicyclic) bond motifs is 1. The maximum absolute atomic E-state index is 13.0. The lowest BCUT2D eigenvalue weighted by Gasteiger charge is -2.36. The predicted octanol–water partition coefficient (Wildman–Crippen LogP) is 2.09. The Hall–Kier alpha value is -2.65. The summed E-state index contributed by atoms with van der Waals surface area (Å²) in [5, 5.41) is 3.11. The highest BCUT2D eigenvalue weighted by Gasteiger charge is 2.36. The Morgan fingerprint density at radius 3 is 2.73 bits per heavy atom. The first-order chi connectivity index (χ1) is 14.5. The first-order valence-corrected chi connectivity index (χ1v) is 11.1. The second kappa shape index (κ2) is 9.01. The number of nitrogens with zero attached hydrogens (tertiary/aromatic N) is 4. The van der Waals surface area contributed by atoms with Crippen LogP contribution in [0.2, 0.25) is 0 Å². The number of amides is 2. The van der Waals surface area contributed by atoms with Crippen LogP contribution in [0.15, 0.2) is 24.5 Å². The standard InChI is InChI=1S/C21H25N5O3S/c1-2-6-25-7-9-26(10-8-25)20(29)15-11-16-18(17(27)12-15)30-21(23-16)24-19(28)14-4-3-5-22-13-14/h3-5,13,15H,2,6-12H2,1H3,(H,23,24,28). The fourth-order valence-corrected chi connectivity index (χ4v) is 4.93.